The summed E-state index contributed by atoms with van der Waals surface area (Å²) in [5, 5.41) is 5.30. The maximum Gasteiger partial charge on any atom is 0.242 e. The van der Waals surface area contributed by atoms with Gasteiger partial charge in [0.25, 0.3) is 0 Å². The average molecular weight is 298 g/mol. The molecule has 1 aromatic heterocycles. The molecule has 2 rings (SSSR count). The minimum Gasteiger partial charge on any atom is -0.373 e. The highest BCUT2D eigenvalue weighted by Gasteiger charge is 2.22. The molecule has 0 aromatic carbocycles. The van der Waals surface area contributed by atoms with E-state index in [0.717, 1.165) is 25.3 Å². The van der Waals surface area contributed by atoms with Crippen molar-refractivity contribution in [2.45, 2.75) is 45.6 Å². The van der Waals surface area contributed by atoms with Crippen molar-refractivity contribution in [2.75, 3.05) is 18.4 Å². The van der Waals surface area contributed by atoms with Crippen molar-refractivity contribution >= 4 is 22.4 Å². The molecule has 20 heavy (non-hydrogen) atoms. The van der Waals surface area contributed by atoms with Gasteiger partial charge in [0.1, 0.15) is 0 Å². The number of amides is 1. The molecule has 1 fully saturated rings. The number of ether oxygens (including phenoxy) is 1. The number of hydrogen-bond donors (Lipinski definition) is 2. The molecule has 3 N–H and O–H groups in total. The summed E-state index contributed by atoms with van der Waals surface area (Å²) in [6, 6.07) is -0.525. The first-order valence-electron chi connectivity index (χ1n) is 6.82. The van der Waals surface area contributed by atoms with E-state index in [4.69, 9.17) is 10.5 Å². The first-order chi connectivity index (χ1) is 9.44. The first-order valence-corrected chi connectivity index (χ1v) is 7.70. The largest absolute Gasteiger partial charge is 0.373 e. The van der Waals surface area contributed by atoms with Gasteiger partial charge in [0.2, 0.25) is 5.91 Å². The second-order valence-electron chi connectivity index (χ2n) is 5.37. The smallest absolute Gasteiger partial charge is 0.242 e. The average Bonchev–Trinajstić information content (AvgIpc) is 2.74. The van der Waals surface area contributed by atoms with Crippen LogP contribution in [0.25, 0.3) is 0 Å². The quantitative estimate of drug-likeness (QED) is 0.868. The van der Waals surface area contributed by atoms with E-state index in [1.165, 1.54) is 11.3 Å². The molecule has 1 amide bonds. The highest BCUT2D eigenvalue weighted by molar-refractivity contribution is 7.13. The third-order valence-electron chi connectivity index (χ3n) is 3.08. The second-order valence-corrected chi connectivity index (χ2v) is 6.23. The third-order valence-corrected chi connectivity index (χ3v) is 3.88. The summed E-state index contributed by atoms with van der Waals surface area (Å²) in [5.74, 6) is -0.209. The van der Waals surface area contributed by atoms with Gasteiger partial charge in [-0.1, -0.05) is 0 Å². The molecule has 0 radical (unpaired) electrons. The predicted octanol–water partition coefficient (Wildman–Crippen LogP) is 1.04. The Morgan fingerprint density at radius 1 is 1.60 bits per heavy atom. The van der Waals surface area contributed by atoms with Crippen molar-refractivity contribution in [3.63, 3.8) is 0 Å². The SMILES string of the molecule is CC1CN(Cc2csc(NC(=O)[C@H](C)N)n2)CC(C)O1. The summed E-state index contributed by atoms with van der Waals surface area (Å²) >= 11 is 1.43. The monoisotopic (exact) mass is 298 g/mol. The van der Waals surface area contributed by atoms with Gasteiger partial charge in [0.15, 0.2) is 5.13 Å². The van der Waals surface area contributed by atoms with E-state index in [1.54, 1.807) is 6.92 Å². The van der Waals surface area contributed by atoms with E-state index in [0.29, 0.717) is 5.13 Å². The molecule has 0 bridgehead atoms. The van der Waals surface area contributed by atoms with E-state index in [2.05, 4.69) is 29.0 Å². The molecule has 1 aliphatic heterocycles. The van der Waals surface area contributed by atoms with E-state index >= 15 is 0 Å². The highest BCUT2D eigenvalue weighted by Crippen LogP contribution is 2.19. The van der Waals surface area contributed by atoms with Crippen molar-refractivity contribution in [3.05, 3.63) is 11.1 Å². The van der Waals surface area contributed by atoms with E-state index in [1.807, 2.05) is 5.38 Å². The Kier molecular flexibility index (Phi) is 5.09. The standard InChI is InChI=1S/C13H22N4O2S/c1-8-4-17(5-9(2)19-8)6-11-7-20-13(15-11)16-12(18)10(3)14/h7-10H,4-6,14H2,1-3H3,(H,15,16,18)/t8?,9?,10-/m0/s1. The van der Waals surface area contributed by atoms with Gasteiger partial charge in [-0.25, -0.2) is 4.98 Å². The summed E-state index contributed by atoms with van der Waals surface area (Å²) in [5.41, 5.74) is 6.48. The third kappa shape index (κ3) is 4.24. The molecule has 0 spiro atoms. The van der Waals surface area contributed by atoms with Crippen LogP contribution in [0.2, 0.25) is 0 Å². The van der Waals surface area contributed by atoms with Gasteiger partial charge in [-0.3, -0.25) is 9.69 Å². The maximum atomic E-state index is 11.5. The fourth-order valence-electron chi connectivity index (χ4n) is 2.30. The maximum absolute atomic E-state index is 11.5. The van der Waals surface area contributed by atoms with Crippen molar-refractivity contribution < 1.29 is 9.53 Å². The van der Waals surface area contributed by atoms with Crippen LogP contribution in [-0.4, -0.2) is 47.1 Å². The van der Waals surface area contributed by atoms with Gasteiger partial charge in [0.05, 0.1) is 23.9 Å². The summed E-state index contributed by atoms with van der Waals surface area (Å²) in [6.07, 6.45) is 0.490. The molecular formula is C13H22N4O2S. The number of anilines is 1. The Labute approximate surface area is 123 Å². The molecule has 0 aliphatic carbocycles. The van der Waals surface area contributed by atoms with Crippen LogP contribution in [0.5, 0.6) is 0 Å². The zero-order chi connectivity index (χ0) is 14.7. The van der Waals surface area contributed by atoms with E-state index in [9.17, 15) is 4.79 Å². The molecule has 1 aliphatic rings. The summed E-state index contributed by atoms with van der Waals surface area (Å²) in [4.78, 5) is 18.3. The molecule has 1 saturated heterocycles. The summed E-state index contributed by atoms with van der Waals surface area (Å²) in [6.45, 7) is 8.41. The van der Waals surface area contributed by atoms with E-state index in [-0.39, 0.29) is 18.1 Å². The minimum atomic E-state index is -0.525. The molecule has 112 valence electrons. The first kappa shape index (κ1) is 15.4. The van der Waals surface area contributed by atoms with Crippen LogP contribution in [-0.2, 0) is 16.1 Å². The molecule has 1 aromatic rings. The molecular weight excluding hydrogens is 276 g/mol. The van der Waals surface area contributed by atoms with E-state index < -0.39 is 6.04 Å². The van der Waals surface area contributed by atoms with Crippen LogP contribution < -0.4 is 11.1 Å². The zero-order valence-corrected chi connectivity index (χ0v) is 12.9. The second kappa shape index (κ2) is 6.62. The lowest BCUT2D eigenvalue weighted by atomic mass is 10.2. The molecule has 3 atom stereocenters. The number of nitrogens with zero attached hydrogens (tertiary/aromatic N) is 2. The normalized spacial score (nSPS) is 25.4. The Hall–Kier alpha value is -1.02. The minimum absolute atomic E-state index is 0.209. The van der Waals surface area contributed by atoms with Crippen molar-refractivity contribution in [3.8, 4) is 0 Å². The van der Waals surface area contributed by atoms with Crippen LogP contribution in [0.1, 0.15) is 26.5 Å². The Balaban J connectivity index is 1.91. The molecule has 6 nitrogen and oxygen atoms in total. The van der Waals surface area contributed by atoms with Crippen LogP contribution >= 0.6 is 11.3 Å². The van der Waals surface area contributed by atoms with Crippen molar-refractivity contribution in [1.29, 1.82) is 0 Å². The van der Waals surface area contributed by atoms with Crippen LogP contribution in [0.3, 0.4) is 0 Å². The number of aromatic nitrogens is 1. The lowest BCUT2D eigenvalue weighted by Gasteiger charge is -2.34. The number of carbonyl (C=O) groups excluding carboxylic acids is 1. The van der Waals surface area contributed by atoms with Crippen LogP contribution in [0, 0.1) is 0 Å². The number of hydrogen-bond acceptors (Lipinski definition) is 6. The number of nitrogens with one attached hydrogen (secondary N) is 1. The Morgan fingerprint density at radius 2 is 2.25 bits per heavy atom. The highest BCUT2D eigenvalue weighted by atomic mass is 32.1. The fourth-order valence-corrected chi connectivity index (χ4v) is 3.00. The van der Waals surface area contributed by atoms with Gasteiger partial charge >= 0.3 is 0 Å². The fraction of sp³-hybridized carbons (Fsp3) is 0.692. The Morgan fingerprint density at radius 3 is 2.85 bits per heavy atom. The number of morpholine rings is 1. The van der Waals surface area contributed by atoms with Crippen LogP contribution in [0.15, 0.2) is 5.38 Å². The van der Waals surface area contributed by atoms with Gasteiger partial charge in [0, 0.05) is 25.0 Å². The Bertz CT molecular complexity index is 453. The lowest BCUT2D eigenvalue weighted by molar-refractivity contribution is -0.117. The number of nitrogens with two attached hydrogens (primary N) is 1. The van der Waals surface area contributed by atoms with Gasteiger partial charge in [-0.05, 0) is 20.8 Å². The molecule has 2 heterocycles. The number of carbonyl (C=O) groups is 1. The molecule has 0 saturated carbocycles. The topological polar surface area (TPSA) is 80.5 Å². The van der Waals surface area contributed by atoms with Gasteiger partial charge in [-0.2, -0.15) is 0 Å². The summed E-state index contributed by atoms with van der Waals surface area (Å²) in [7, 11) is 0. The summed E-state index contributed by atoms with van der Waals surface area (Å²) < 4.78 is 5.71. The number of rotatable bonds is 4. The van der Waals surface area contributed by atoms with Crippen molar-refractivity contribution in [1.82, 2.24) is 9.88 Å². The predicted molar refractivity (Wildman–Crippen MR) is 79.7 cm³/mol. The van der Waals surface area contributed by atoms with Gasteiger partial charge in [-0.15, -0.1) is 11.3 Å². The van der Waals surface area contributed by atoms with Crippen molar-refractivity contribution in [2.24, 2.45) is 5.73 Å². The number of thiazole rings is 1. The molecule has 7 heteroatoms. The zero-order valence-electron chi connectivity index (χ0n) is 12.1. The molecule has 2 unspecified atom stereocenters. The van der Waals surface area contributed by atoms with Gasteiger partial charge < -0.3 is 15.8 Å². The lowest BCUT2D eigenvalue weighted by Crippen LogP contribution is -2.44. The van der Waals surface area contributed by atoms with Crippen LogP contribution in [0.4, 0.5) is 5.13 Å².